The fourth-order valence-corrected chi connectivity index (χ4v) is 7.02. The lowest BCUT2D eigenvalue weighted by Gasteiger charge is -2.56. The lowest BCUT2D eigenvalue weighted by atomic mass is 9.48. The van der Waals surface area contributed by atoms with E-state index in [2.05, 4.69) is 14.8 Å². The summed E-state index contributed by atoms with van der Waals surface area (Å²) in [5.41, 5.74) is 0.0290. The third-order valence-corrected chi connectivity index (χ3v) is 7.65. The zero-order valence-electron chi connectivity index (χ0n) is 13.8. The minimum absolute atomic E-state index is 0.0290. The van der Waals surface area contributed by atoms with Gasteiger partial charge < -0.3 is 4.57 Å². The molecule has 5 aliphatic carbocycles. The molecule has 6 rings (SSSR count). The van der Waals surface area contributed by atoms with Crippen LogP contribution in [0.2, 0.25) is 0 Å². The number of nitrogens with zero attached hydrogens (tertiary/aromatic N) is 3. The SMILES string of the molecule is Cc1nnc(SCC(=O)C23CC4CC(CC(C4)C2)C3)n1C1CC1. The Morgan fingerprint density at radius 2 is 1.74 bits per heavy atom. The van der Waals surface area contributed by atoms with Crippen molar-refractivity contribution in [3.05, 3.63) is 5.82 Å². The van der Waals surface area contributed by atoms with Gasteiger partial charge in [0, 0.05) is 11.5 Å². The van der Waals surface area contributed by atoms with Gasteiger partial charge in [-0.15, -0.1) is 10.2 Å². The number of Topliss-reactive ketones (excluding diaryl/α,β-unsaturated/α-hetero) is 1. The monoisotopic (exact) mass is 331 g/mol. The minimum atomic E-state index is 0.0290. The second-order valence-corrected chi connectivity index (χ2v) is 9.48. The molecule has 4 nitrogen and oxygen atoms in total. The van der Waals surface area contributed by atoms with E-state index in [-0.39, 0.29) is 5.41 Å². The highest BCUT2D eigenvalue weighted by atomic mass is 32.2. The summed E-state index contributed by atoms with van der Waals surface area (Å²) < 4.78 is 2.25. The van der Waals surface area contributed by atoms with E-state index in [1.807, 2.05) is 6.92 Å². The van der Waals surface area contributed by atoms with Gasteiger partial charge in [0.15, 0.2) is 5.16 Å². The van der Waals surface area contributed by atoms with E-state index in [4.69, 9.17) is 0 Å². The summed E-state index contributed by atoms with van der Waals surface area (Å²) >= 11 is 1.63. The normalized spacial score (nSPS) is 38.2. The molecule has 0 radical (unpaired) electrons. The highest BCUT2D eigenvalue weighted by molar-refractivity contribution is 7.99. The van der Waals surface area contributed by atoms with Crippen LogP contribution in [0.4, 0.5) is 0 Å². The number of carbonyl (C=O) groups excluding carboxylic acids is 1. The molecule has 0 aromatic carbocycles. The molecule has 5 saturated carbocycles. The molecule has 124 valence electrons. The summed E-state index contributed by atoms with van der Waals surface area (Å²) in [5, 5.41) is 9.51. The maximum atomic E-state index is 13.1. The van der Waals surface area contributed by atoms with Crippen molar-refractivity contribution in [3.63, 3.8) is 0 Å². The number of hydrogen-bond acceptors (Lipinski definition) is 4. The van der Waals surface area contributed by atoms with Gasteiger partial charge in [0.25, 0.3) is 0 Å². The van der Waals surface area contributed by atoms with Gasteiger partial charge in [0.2, 0.25) is 0 Å². The summed E-state index contributed by atoms with van der Waals surface area (Å²) in [6, 6.07) is 0.585. The van der Waals surface area contributed by atoms with Gasteiger partial charge in [-0.1, -0.05) is 11.8 Å². The van der Waals surface area contributed by atoms with Gasteiger partial charge in [0.1, 0.15) is 11.6 Å². The van der Waals surface area contributed by atoms with E-state index in [0.717, 1.165) is 28.7 Å². The Labute approximate surface area is 141 Å². The van der Waals surface area contributed by atoms with Gasteiger partial charge in [0.05, 0.1) is 5.75 Å². The zero-order valence-corrected chi connectivity index (χ0v) is 14.6. The Bertz CT molecular complexity index is 613. The molecule has 23 heavy (non-hydrogen) atoms. The molecule has 0 amide bonds. The number of ketones is 1. The van der Waals surface area contributed by atoms with E-state index in [1.165, 1.54) is 51.4 Å². The summed E-state index contributed by atoms with van der Waals surface area (Å²) in [7, 11) is 0. The van der Waals surface area contributed by atoms with Crippen molar-refractivity contribution in [1.29, 1.82) is 0 Å². The van der Waals surface area contributed by atoms with Crippen LogP contribution in [-0.2, 0) is 4.79 Å². The molecule has 0 N–H and O–H groups in total. The first kappa shape index (κ1) is 14.5. The number of aromatic nitrogens is 3. The Morgan fingerprint density at radius 1 is 1.13 bits per heavy atom. The van der Waals surface area contributed by atoms with Crippen molar-refractivity contribution >= 4 is 17.5 Å². The molecule has 0 spiro atoms. The minimum Gasteiger partial charge on any atom is -0.303 e. The average Bonchev–Trinajstić information content (AvgIpc) is 3.27. The molecule has 0 atom stereocenters. The van der Waals surface area contributed by atoms with E-state index in [9.17, 15) is 4.79 Å². The molecular weight excluding hydrogens is 306 g/mol. The second-order valence-electron chi connectivity index (χ2n) is 8.54. The van der Waals surface area contributed by atoms with Crippen LogP contribution < -0.4 is 0 Å². The van der Waals surface area contributed by atoms with Crippen LogP contribution in [0.1, 0.15) is 63.2 Å². The number of thioether (sulfide) groups is 1. The van der Waals surface area contributed by atoms with Crippen molar-refractivity contribution in [2.45, 2.75) is 69.5 Å². The van der Waals surface area contributed by atoms with Crippen LogP contribution in [0.5, 0.6) is 0 Å². The van der Waals surface area contributed by atoms with Crippen LogP contribution in [0.3, 0.4) is 0 Å². The maximum Gasteiger partial charge on any atom is 0.191 e. The molecule has 5 fully saturated rings. The summed E-state index contributed by atoms with van der Waals surface area (Å²) in [6.45, 7) is 2.02. The third kappa shape index (κ3) is 2.38. The first-order valence-corrected chi connectivity index (χ1v) is 10.2. The van der Waals surface area contributed by atoms with Crippen molar-refractivity contribution in [2.24, 2.45) is 23.2 Å². The third-order valence-electron chi connectivity index (χ3n) is 6.71. The molecule has 5 heteroatoms. The molecule has 0 unspecified atom stereocenters. The fraction of sp³-hybridized carbons (Fsp3) is 0.833. The molecule has 4 bridgehead atoms. The van der Waals surface area contributed by atoms with Crippen LogP contribution >= 0.6 is 11.8 Å². The Kier molecular flexibility index (Phi) is 3.20. The molecular formula is C18H25N3OS. The summed E-state index contributed by atoms with van der Waals surface area (Å²) in [6.07, 6.45) is 10.2. The first-order chi connectivity index (χ1) is 11.1. The largest absolute Gasteiger partial charge is 0.303 e. The van der Waals surface area contributed by atoms with Gasteiger partial charge >= 0.3 is 0 Å². The summed E-state index contributed by atoms with van der Waals surface area (Å²) in [5.74, 6) is 4.62. The van der Waals surface area contributed by atoms with E-state index in [1.54, 1.807) is 11.8 Å². The predicted octanol–water partition coefficient (Wildman–Crippen LogP) is 3.80. The highest BCUT2D eigenvalue weighted by Crippen LogP contribution is 2.60. The number of hydrogen-bond donors (Lipinski definition) is 0. The van der Waals surface area contributed by atoms with Crippen LogP contribution in [0, 0.1) is 30.1 Å². The van der Waals surface area contributed by atoms with E-state index >= 15 is 0 Å². The number of rotatable bonds is 5. The van der Waals surface area contributed by atoms with Crippen LogP contribution in [0.15, 0.2) is 5.16 Å². The van der Waals surface area contributed by atoms with Crippen molar-refractivity contribution in [3.8, 4) is 0 Å². The lowest BCUT2D eigenvalue weighted by molar-refractivity contribution is -0.141. The van der Waals surface area contributed by atoms with Gasteiger partial charge in [-0.2, -0.15) is 0 Å². The van der Waals surface area contributed by atoms with Crippen molar-refractivity contribution in [2.75, 3.05) is 5.75 Å². The molecule has 0 saturated heterocycles. The van der Waals surface area contributed by atoms with E-state index in [0.29, 0.717) is 17.6 Å². The first-order valence-electron chi connectivity index (χ1n) is 9.20. The topological polar surface area (TPSA) is 47.8 Å². The standard InChI is InChI=1S/C18H25N3OS/c1-11-19-20-17(21(11)15-2-3-15)23-10-16(22)18-7-12-4-13(8-18)6-14(5-12)9-18/h12-15H,2-10H2,1H3. The predicted molar refractivity (Wildman–Crippen MR) is 89.4 cm³/mol. The Hall–Kier alpha value is -0.840. The van der Waals surface area contributed by atoms with Gasteiger partial charge in [-0.25, -0.2) is 0 Å². The maximum absolute atomic E-state index is 13.1. The molecule has 1 aromatic heterocycles. The molecule has 0 aliphatic heterocycles. The summed E-state index contributed by atoms with van der Waals surface area (Å²) in [4.78, 5) is 13.1. The molecule has 1 heterocycles. The van der Waals surface area contributed by atoms with Crippen LogP contribution in [0.25, 0.3) is 0 Å². The van der Waals surface area contributed by atoms with Crippen molar-refractivity contribution < 1.29 is 4.79 Å². The number of aryl methyl sites for hydroxylation is 1. The van der Waals surface area contributed by atoms with E-state index < -0.39 is 0 Å². The lowest BCUT2D eigenvalue weighted by Crippen LogP contribution is -2.50. The number of carbonyl (C=O) groups is 1. The smallest absolute Gasteiger partial charge is 0.191 e. The van der Waals surface area contributed by atoms with Gasteiger partial charge in [-0.3, -0.25) is 4.79 Å². The fourth-order valence-electron chi connectivity index (χ4n) is 5.94. The molecule has 5 aliphatic rings. The second kappa shape index (κ2) is 5.08. The Balaban J connectivity index is 1.31. The zero-order chi connectivity index (χ0) is 15.6. The Morgan fingerprint density at radius 3 is 2.30 bits per heavy atom. The quantitative estimate of drug-likeness (QED) is 0.770. The van der Waals surface area contributed by atoms with Crippen LogP contribution in [-0.4, -0.2) is 26.3 Å². The molecule has 1 aromatic rings. The average molecular weight is 331 g/mol. The highest BCUT2D eigenvalue weighted by Gasteiger charge is 2.54. The van der Waals surface area contributed by atoms with Crippen molar-refractivity contribution in [1.82, 2.24) is 14.8 Å². The van der Waals surface area contributed by atoms with Gasteiger partial charge in [-0.05, 0) is 76.0 Å².